The molecule has 3 aromatic carbocycles. The van der Waals surface area contributed by atoms with Crippen LogP contribution >= 0.6 is 0 Å². The van der Waals surface area contributed by atoms with Gasteiger partial charge in [0.15, 0.2) is 5.69 Å². The summed E-state index contributed by atoms with van der Waals surface area (Å²) in [7, 11) is 1.51. The van der Waals surface area contributed by atoms with Crippen LogP contribution in [0.15, 0.2) is 60.7 Å². The fraction of sp³-hybridized carbons (Fsp3) is 0.259. The van der Waals surface area contributed by atoms with Crippen molar-refractivity contribution in [1.82, 2.24) is 9.78 Å². The molecule has 2 heterocycles. The van der Waals surface area contributed by atoms with Gasteiger partial charge in [0.05, 0.1) is 5.52 Å². The van der Waals surface area contributed by atoms with E-state index in [2.05, 4.69) is 5.10 Å². The van der Waals surface area contributed by atoms with Gasteiger partial charge in [-0.05, 0) is 65.3 Å². The van der Waals surface area contributed by atoms with E-state index in [1.54, 1.807) is 24.3 Å². The van der Waals surface area contributed by atoms with E-state index in [-0.39, 0.29) is 17.9 Å². The molecule has 1 unspecified atom stereocenters. The molecule has 0 saturated carbocycles. The van der Waals surface area contributed by atoms with Crippen molar-refractivity contribution in [2.75, 3.05) is 0 Å². The quantitative estimate of drug-likeness (QED) is 0.362. The summed E-state index contributed by atoms with van der Waals surface area (Å²) in [4.78, 5) is 10.8. The molecular weight excluding hydrogens is 457 g/mol. The lowest BCUT2D eigenvalue weighted by Gasteiger charge is -2.27. The fourth-order valence-corrected chi connectivity index (χ4v) is 4.74. The lowest BCUT2D eigenvalue weighted by molar-refractivity contribution is -0.140. The summed E-state index contributed by atoms with van der Waals surface area (Å²) in [6, 6.07) is 18.3. The predicted molar refractivity (Wildman–Crippen MR) is 125 cm³/mol. The standard InChI is InChI=1S/C27H23F3N2O3/c1-32-21-7-3-6-20(25(21)26(31-32)27(28,29)30)17-4-2-5-18(15-17)23-12-10-19-14-16(9-13-24(33)34)8-11-22(19)35-23/h2-8,11,14-15,23H,9-10,12-13H2,1H3,(H,33,34). The zero-order valence-electron chi connectivity index (χ0n) is 19.0. The van der Waals surface area contributed by atoms with Gasteiger partial charge in [0, 0.05) is 18.9 Å². The van der Waals surface area contributed by atoms with E-state index < -0.39 is 17.8 Å². The van der Waals surface area contributed by atoms with Gasteiger partial charge in [-0.15, -0.1) is 0 Å². The molecular formula is C27H23F3N2O3. The monoisotopic (exact) mass is 480 g/mol. The minimum atomic E-state index is -4.56. The van der Waals surface area contributed by atoms with Crippen LogP contribution in [0.3, 0.4) is 0 Å². The highest BCUT2D eigenvalue weighted by atomic mass is 19.4. The molecule has 0 radical (unpaired) electrons. The summed E-state index contributed by atoms with van der Waals surface area (Å²) >= 11 is 0. The van der Waals surface area contributed by atoms with Crippen LogP contribution in [0.4, 0.5) is 13.2 Å². The molecule has 1 aliphatic heterocycles. The molecule has 1 atom stereocenters. The maximum Gasteiger partial charge on any atom is 0.435 e. The van der Waals surface area contributed by atoms with Crippen molar-refractivity contribution >= 4 is 16.9 Å². The number of aromatic nitrogens is 2. The van der Waals surface area contributed by atoms with Crippen molar-refractivity contribution in [2.24, 2.45) is 7.05 Å². The summed E-state index contributed by atoms with van der Waals surface area (Å²) in [5.74, 6) is -0.0808. The van der Waals surface area contributed by atoms with Crippen LogP contribution in [0.25, 0.3) is 22.0 Å². The van der Waals surface area contributed by atoms with Gasteiger partial charge >= 0.3 is 12.1 Å². The molecule has 8 heteroatoms. The largest absolute Gasteiger partial charge is 0.485 e. The van der Waals surface area contributed by atoms with Crippen LogP contribution in [-0.4, -0.2) is 20.9 Å². The highest BCUT2D eigenvalue weighted by Gasteiger charge is 2.37. The summed E-state index contributed by atoms with van der Waals surface area (Å²) < 4.78 is 48.7. The van der Waals surface area contributed by atoms with E-state index in [4.69, 9.17) is 9.84 Å². The number of ether oxygens (including phenoxy) is 1. The normalized spacial score (nSPS) is 15.6. The van der Waals surface area contributed by atoms with Crippen LogP contribution in [-0.2, 0) is 30.9 Å². The third-order valence-electron chi connectivity index (χ3n) is 6.41. The lowest BCUT2D eigenvalue weighted by atomic mass is 9.92. The number of alkyl halides is 3. The second kappa shape index (κ2) is 8.76. The number of aryl methyl sites for hydroxylation is 3. The summed E-state index contributed by atoms with van der Waals surface area (Å²) in [5.41, 5.74) is 3.56. The molecule has 0 spiro atoms. The Balaban J connectivity index is 1.46. The maximum absolute atomic E-state index is 13.7. The van der Waals surface area contributed by atoms with Gasteiger partial charge in [0.1, 0.15) is 11.9 Å². The van der Waals surface area contributed by atoms with Gasteiger partial charge in [-0.25, -0.2) is 0 Å². The topological polar surface area (TPSA) is 64.4 Å². The smallest absolute Gasteiger partial charge is 0.435 e. The highest BCUT2D eigenvalue weighted by Crippen LogP contribution is 2.41. The first-order valence-corrected chi connectivity index (χ1v) is 11.3. The Labute approximate surface area is 199 Å². The van der Waals surface area contributed by atoms with Crippen LogP contribution in [0.5, 0.6) is 5.75 Å². The van der Waals surface area contributed by atoms with Crippen molar-refractivity contribution in [1.29, 1.82) is 0 Å². The lowest BCUT2D eigenvalue weighted by Crippen LogP contribution is -2.15. The molecule has 4 aromatic rings. The Morgan fingerprint density at radius 2 is 1.94 bits per heavy atom. The molecule has 1 N–H and O–H groups in total. The summed E-state index contributed by atoms with van der Waals surface area (Å²) in [5, 5.41) is 12.7. The van der Waals surface area contributed by atoms with E-state index in [1.165, 1.54) is 11.7 Å². The molecule has 0 fully saturated rings. The van der Waals surface area contributed by atoms with Crippen LogP contribution < -0.4 is 4.74 Å². The highest BCUT2D eigenvalue weighted by molar-refractivity contribution is 5.97. The number of aliphatic carboxylic acids is 1. The van der Waals surface area contributed by atoms with E-state index >= 15 is 0 Å². The molecule has 35 heavy (non-hydrogen) atoms. The van der Waals surface area contributed by atoms with Gasteiger partial charge < -0.3 is 9.84 Å². The Kier molecular flexibility index (Phi) is 5.75. The Morgan fingerprint density at radius 1 is 1.14 bits per heavy atom. The molecule has 1 aromatic heterocycles. The van der Waals surface area contributed by atoms with Gasteiger partial charge in [0.2, 0.25) is 0 Å². The molecule has 180 valence electrons. The zero-order chi connectivity index (χ0) is 24.7. The molecule has 5 nitrogen and oxygen atoms in total. The van der Waals surface area contributed by atoms with Gasteiger partial charge in [-0.2, -0.15) is 18.3 Å². The summed E-state index contributed by atoms with van der Waals surface area (Å²) in [6.07, 6.45) is -2.77. The van der Waals surface area contributed by atoms with Crippen molar-refractivity contribution < 1.29 is 27.8 Å². The molecule has 0 amide bonds. The zero-order valence-corrected chi connectivity index (χ0v) is 19.0. The molecule has 1 aliphatic rings. The number of halogens is 3. The molecule has 5 rings (SSSR count). The first-order chi connectivity index (χ1) is 16.7. The van der Waals surface area contributed by atoms with E-state index in [9.17, 15) is 18.0 Å². The van der Waals surface area contributed by atoms with E-state index in [0.29, 0.717) is 29.5 Å². The maximum atomic E-state index is 13.7. The number of rotatable bonds is 5. The number of fused-ring (bicyclic) bond motifs is 2. The van der Waals surface area contributed by atoms with E-state index in [0.717, 1.165) is 28.9 Å². The second-order valence-corrected chi connectivity index (χ2v) is 8.78. The predicted octanol–water partition coefficient (Wildman–Crippen LogP) is 6.34. The van der Waals surface area contributed by atoms with Gasteiger partial charge in [0.25, 0.3) is 0 Å². The van der Waals surface area contributed by atoms with Crippen LogP contribution in [0.2, 0.25) is 0 Å². The molecule has 0 aliphatic carbocycles. The number of benzene rings is 3. The van der Waals surface area contributed by atoms with Crippen molar-refractivity contribution in [3.63, 3.8) is 0 Å². The van der Waals surface area contributed by atoms with Crippen molar-refractivity contribution in [2.45, 2.75) is 38.0 Å². The van der Waals surface area contributed by atoms with Crippen LogP contribution in [0.1, 0.15) is 41.3 Å². The van der Waals surface area contributed by atoms with E-state index in [1.807, 2.05) is 36.4 Å². The fourth-order valence-electron chi connectivity index (χ4n) is 4.74. The first kappa shape index (κ1) is 23.0. The van der Waals surface area contributed by atoms with Gasteiger partial charge in [-0.1, -0.05) is 42.5 Å². The number of carboxylic acids is 1. The number of carbonyl (C=O) groups is 1. The molecule has 0 saturated heterocycles. The third-order valence-corrected chi connectivity index (χ3v) is 6.41. The number of nitrogens with zero attached hydrogens (tertiary/aromatic N) is 2. The Bertz CT molecular complexity index is 1430. The van der Waals surface area contributed by atoms with Crippen molar-refractivity contribution in [3.8, 4) is 16.9 Å². The average molecular weight is 480 g/mol. The summed E-state index contributed by atoms with van der Waals surface area (Å²) in [6.45, 7) is 0. The number of hydrogen-bond acceptors (Lipinski definition) is 3. The number of carboxylic acid groups (broad SMARTS) is 1. The molecule has 0 bridgehead atoms. The minimum absolute atomic E-state index is 0.0782. The first-order valence-electron chi connectivity index (χ1n) is 11.3. The minimum Gasteiger partial charge on any atom is -0.485 e. The second-order valence-electron chi connectivity index (χ2n) is 8.78. The van der Waals surface area contributed by atoms with Crippen molar-refractivity contribution in [3.05, 3.63) is 83.0 Å². The third kappa shape index (κ3) is 4.48. The van der Waals surface area contributed by atoms with Gasteiger partial charge in [-0.3, -0.25) is 9.48 Å². The Hall–Kier alpha value is -3.81. The van der Waals surface area contributed by atoms with Crippen LogP contribution in [0, 0.1) is 0 Å². The number of hydrogen-bond donors (Lipinski definition) is 1. The SMILES string of the molecule is Cn1nc(C(F)(F)F)c2c(-c3cccc(C4CCc5cc(CCC(=O)O)ccc5O4)c3)cccc21. The average Bonchev–Trinajstić information content (AvgIpc) is 3.19. The Morgan fingerprint density at radius 3 is 2.71 bits per heavy atom.